The maximum atomic E-state index is 12.6. The standard InChI is InChI=1S/C24H30N2O6/c1-16(22(28)29)25-21(27)20(26-23(30)32-24(2,3)4)14-17-10-12-19(13-11-17)31-15-18-8-6-5-7-9-18/h5-13,16,20H,14-15H2,1-4H3,(H,25,27)(H,26,30)(H,28,29)/t16-,20?/m1/s1. The monoisotopic (exact) mass is 442 g/mol. The van der Waals surface area contributed by atoms with E-state index in [1.807, 2.05) is 30.3 Å². The number of hydrogen-bond acceptors (Lipinski definition) is 5. The molecule has 32 heavy (non-hydrogen) atoms. The Morgan fingerprint density at radius 1 is 0.938 bits per heavy atom. The molecule has 0 spiro atoms. The summed E-state index contributed by atoms with van der Waals surface area (Å²) < 4.78 is 11.0. The van der Waals surface area contributed by atoms with Crippen molar-refractivity contribution >= 4 is 18.0 Å². The van der Waals surface area contributed by atoms with Crippen molar-refractivity contribution in [1.29, 1.82) is 0 Å². The average Bonchev–Trinajstić information content (AvgIpc) is 2.72. The van der Waals surface area contributed by atoms with Crippen LogP contribution in [-0.4, -0.2) is 40.8 Å². The van der Waals surface area contributed by atoms with E-state index >= 15 is 0 Å². The van der Waals surface area contributed by atoms with Gasteiger partial charge in [0.25, 0.3) is 0 Å². The van der Waals surface area contributed by atoms with Crippen LogP contribution in [0.3, 0.4) is 0 Å². The quantitative estimate of drug-likeness (QED) is 0.549. The smallest absolute Gasteiger partial charge is 0.408 e. The molecule has 1 unspecified atom stereocenters. The van der Waals surface area contributed by atoms with E-state index in [4.69, 9.17) is 14.6 Å². The number of amides is 2. The van der Waals surface area contributed by atoms with E-state index in [0.717, 1.165) is 11.1 Å². The molecule has 2 aromatic carbocycles. The number of carbonyl (C=O) groups excluding carboxylic acids is 2. The number of aliphatic carboxylic acids is 1. The lowest BCUT2D eigenvalue weighted by Gasteiger charge is -2.24. The lowest BCUT2D eigenvalue weighted by molar-refractivity contribution is -0.141. The van der Waals surface area contributed by atoms with Gasteiger partial charge in [-0.1, -0.05) is 42.5 Å². The number of alkyl carbamates (subject to hydrolysis) is 1. The van der Waals surface area contributed by atoms with E-state index in [9.17, 15) is 14.4 Å². The molecule has 8 nitrogen and oxygen atoms in total. The van der Waals surface area contributed by atoms with Crippen LogP contribution in [0.1, 0.15) is 38.8 Å². The summed E-state index contributed by atoms with van der Waals surface area (Å²) in [4.78, 5) is 35.9. The van der Waals surface area contributed by atoms with Crippen molar-refractivity contribution in [3.05, 3.63) is 65.7 Å². The zero-order valence-corrected chi connectivity index (χ0v) is 18.8. The van der Waals surface area contributed by atoms with Gasteiger partial charge >= 0.3 is 12.1 Å². The van der Waals surface area contributed by atoms with Gasteiger partial charge in [-0.15, -0.1) is 0 Å². The second-order valence-corrected chi connectivity index (χ2v) is 8.39. The molecule has 0 aliphatic rings. The molecule has 0 heterocycles. The summed E-state index contributed by atoms with van der Waals surface area (Å²) in [6, 6.07) is 14.8. The summed E-state index contributed by atoms with van der Waals surface area (Å²) in [5, 5.41) is 14.0. The summed E-state index contributed by atoms with van der Waals surface area (Å²) in [5.41, 5.74) is 1.07. The van der Waals surface area contributed by atoms with E-state index < -0.39 is 35.7 Å². The Morgan fingerprint density at radius 3 is 2.12 bits per heavy atom. The van der Waals surface area contributed by atoms with Crippen LogP contribution in [0.15, 0.2) is 54.6 Å². The molecule has 2 atom stereocenters. The largest absolute Gasteiger partial charge is 0.489 e. The second kappa shape index (κ2) is 11.2. The van der Waals surface area contributed by atoms with Crippen LogP contribution in [0.25, 0.3) is 0 Å². The number of nitrogens with one attached hydrogen (secondary N) is 2. The van der Waals surface area contributed by atoms with Crippen molar-refractivity contribution in [3.63, 3.8) is 0 Å². The molecule has 2 rings (SSSR count). The SMILES string of the molecule is C[C@@H](NC(=O)C(Cc1ccc(OCc2ccccc2)cc1)NC(=O)OC(C)(C)C)C(=O)O. The Kier molecular flexibility index (Phi) is 8.63. The molecule has 172 valence electrons. The van der Waals surface area contributed by atoms with Crippen LogP contribution in [-0.2, 0) is 27.4 Å². The van der Waals surface area contributed by atoms with Crippen LogP contribution in [0, 0.1) is 0 Å². The first-order valence-electron chi connectivity index (χ1n) is 10.3. The summed E-state index contributed by atoms with van der Waals surface area (Å²) in [5.74, 6) is -1.12. The Labute approximate surface area is 187 Å². The van der Waals surface area contributed by atoms with Gasteiger partial charge in [-0.25, -0.2) is 4.79 Å². The number of hydrogen-bond donors (Lipinski definition) is 3. The van der Waals surface area contributed by atoms with Gasteiger partial charge < -0.3 is 25.2 Å². The normalized spacial score (nSPS) is 12.9. The average molecular weight is 443 g/mol. The third-order valence-corrected chi connectivity index (χ3v) is 4.35. The molecule has 0 aliphatic carbocycles. The summed E-state index contributed by atoms with van der Waals surface area (Å²) >= 11 is 0. The Bertz CT molecular complexity index is 906. The van der Waals surface area contributed by atoms with Gasteiger partial charge in [0, 0.05) is 6.42 Å². The first-order valence-corrected chi connectivity index (χ1v) is 10.3. The molecular weight excluding hydrogens is 412 g/mol. The number of carbonyl (C=O) groups is 3. The van der Waals surface area contributed by atoms with E-state index in [0.29, 0.717) is 12.4 Å². The molecule has 0 fully saturated rings. The van der Waals surface area contributed by atoms with Crippen molar-refractivity contribution < 1.29 is 29.0 Å². The molecule has 2 amide bonds. The van der Waals surface area contributed by atoms with Gasteiger partial charge in [-0.2, -0.15) is 0 Å². The fourth-order valence-corrected chi connectivity index (χ4v) is 2.73. The first kappa shape index (κ1) is 24.7. The third kappa shape index (κ3) is 8.67. The summed E-state index contributed by atoms with van der Waals surface area (Å²) in [7, 11) is 0. The number of ether oxygens (including phenoxy) is 2. The minimum atomic E-state index is -1.17. The van der Waals surface area contributed by atoms with Crippen LogP contribution in [0.2, 0.25) is 0 Å². The Balaban J connectivity index is 2.05. The minimum Gasteiger partial charge on any atom is -0.489 e. The summed E-state index contributed by atoms with van der Waals surface area (Å²) in [6.07, 6.45) is -0.612. The molecule has 0 aliphatic heterocycles. The highest BCUT2D eigenvalue weighted by molar-refractivity contribution is 5.89. The van der Waals surface area contributed by atoms with Crippen molar-refractivity contribution in [3.8, 4) is 5.75 Å². The Hall–Kier alpha value is -3.55. The molecule has 0 bridgehead atoms. The van der Waals surface area contributed by atoms with Gasteiger partial charge in [0.05, 0.1) is 0 Å². The molecular formula is C24H30N2O6. The third-order valence-electron chi connectivity index (χ3n) is 4.35. The van der Waals surface area contributed by atoms with Gasteiger partial charge in [0.2, 0.25) is 5.91 Å². The Morgan fingerprint density at radius 2 is 1.56 bits per heavy atom. The van der Waals surface area contributed by atoms with Gasteiger partial charge in [-0.3, -0.25) is 9.59 Å². The maximum absolute atomic E-state index is 12.6. The number of rotatable bonds is 9. The van der Waals surface area contributed by atoms with E-state index in [2.05, 4.69) is 10.6 Å². The summed E-state index contributed by atoms with van der Waals surface area (Å²) in [6.45, 7) is 6.91. The number of benzene rings is 2. The van der Waals surface area contributed by atoms with Crippen molar-refractivity contribution in [2.75, 3.05) is 0 Å². The first-order chi connectivity index (χ1) is 15.0. The fourth-order valence-electron chi connectivity index (χ4n) is 2.73. The van der Waals surface area contributed by atoms with Gasteiger partial charge in [0.1, 0.15) is 30.0 Å². The molecule has 2 aromatic rings. The van der Waals surface area contributed by atoms with E-state index in [-0.39, 0.29) is 6.42 Å². The zero-order chi connectivity index (χ0) is 23.7. The second-order valence-electron chi connectivity index (χ2n) is 8.39. The molecule has 8 heteroatoms. The predicted octanol–water partition coefficient (Wildman–Crippen LogP) is 3.29. The van der Waals surface area contributed by atoms with Crippen molar-refractivity contribution in [2.24, 2.45) is 0 Å². The molecule has 0 saturated heterocycles. The molecule has 0 aromatic heterocycles. The van der Waals surface area contributed by atoms with Crippen LogP contribution < -0.4 is 15.4 Å². The van der Waals surface area contributed by atoms with Gasteiger partial charge in [-0.05, 0) is 51.0 Å². The molecule has 0 radical (unpaired) electrons. The highest BCUT2D eigenvalue weighted by Crippen LogP contribution is 2.16. The zero-order valence-electron chi connectivity index (χ0n) is 18.8. The molecule has 0 saturated carbocycles. The minimum absolute atomic E-state index is 0.149. The predicted molar refractivity (Wildman–Crippen MR) is 119 cm³/mol. The lowest BCUT2D eigenvalue weighted by atomic mass is 10.0. The van der Waals surface area contributed by atoms with Crippen molar-refractivity contribution in [1.82, 2.24) is 10.6 Å². The van der Waals surface area contributed by atoms with Crippen LogP contribution in [0.5, 0.6) is 5.75 Å². The van der Waals surface area contributed by atoms with Crippen LogP contribution >= 0.6 is 0 Å². The fraction of sp³-hybridized carbons (Fsp3) is 0.375. The topological polar surface area (TPSA) is 114 Å². The van der Waals surface area contributed by atoms with E-state index in [1.165, 1.54) is 6.92 Å². The van der Waals surface area contributed by atoms with E-state index in [1.54, 1.807) is 45.0 Å². The van der Waals surface area contributed by atoms with Gasteiger partial charge in [0.15, 0.2) is 0 Å². The maximum Gasteiger partial charge on any atom is 0.408 e. The lowest BCUT2D eigenvalue weighted by Crippen LogP contribution is -2.52. The number of carboxylic acid groups (broad SMARTS) is 1. The molecule has 3 N–H and O–H groups in total. The van der Waals surface area contributed by atoms with Crippen LogP contribution in [0.4, 0.5) is 4.79 Å². The highest BCUT2D eigenvalue weighted by Gasteiger charge is 2.27. The van der Waals surface area contributed by atoms with Crippen molar-refractivity contribution in [2.45, 2.75) is 58.4 Å². The highest BCUT2D eigenvalue weighted by atomic mass is 16.6. The number of carboxylic acids is 1.